The standard InChI is InChI=1S/C13H22N2O4/c1-2-15-7-3-4-9(8-15)14-12(16)10-5-6-11(19-10)13(17)18/h9-11H,2-8H2,1H3,(H,14,16)(H,17,18). The Morgan fingerprint density at radius 2 is 2.05 bits per heavy atom. The summed E-state index contributed by atoms with van der Waals surface area (Å²) < 4.78 is 5.25. The molecule has 2 rings (SSSR count). The molecular formula is C13H22N2O4. The van der Waals surface area contributed by atoms with Crippen molar-refractivity contribution in [1.29, 1.82) is 0 Å². The maximum absolute atomic E-state index is 12.0. The van der Waals surface area contributed by atoms with E-state index in [1.54, 1.807) is 0 Å². The van der Waals surface area contributed by atoms with Crippen molar-refractivity contribution >= 4 is 11.9 Å². The zero-order valence-corrected chi connectivity index (χ0v) is 11.3. The second-order valence-corrected chi connectivity index (χ2v) is 5.27. The van der Waals surface area contributed by atoms with Gasteiger partial charge < -0.3 is 20.1 Å². The predicted octanol–water partition coefficient (Wildman–Crippen LogP) is 0.219. The van der Waals surface area contributed by atoms with Crippen LogP contribution in [0.2, 0.25) is 0 Å². The van der Waals surface area contributed by atoms with E-state index in [1.165, 1.54) is 0 Å². The number of rotatable bonds is 4. The van der Waals surface area contributed by atoms with Crippen LogP contribution in [0.5, 0.6) is 0 Å². The van der Waals surface area contributed by atoms with Crippen LogP contribution in [0.1, 0.15) is 32.6 Å². The first kappa shape index (κ1) is 14.3. The summed E-state index contributed by atoms with van der Waals surface area (Å²) >= 11 is 0. The highest BCUT2D eigenvalue weighted by Crippen LogP contribution is 2.20. The summed E-state index contributed by atoms with van der Waals surface area (Å²) in [5.41, 5.74) is 0. The molecule has 0 radical (unpaired) electrons. The Balaban J connectivity index is 1.79. The number of nitrogens with one attached hydrogen (secondary N) is 1. The summed E-state index contributed by atoms with van der Waals surface area (Å²) in [6.45, 7) is 5.07. The van der Waals surface area contributed by atoms with Gasteiger partial charge in [0.15, 0.2) is 6.10 Å². The van der Waals surface area contributed by atoms with E-state index in [4.69, 9.17) is 9.84 Å². The Bertz CT molecular complexity index is 348. The van der Waals surface area contributed by atoms with Gasteiger partial charge in [-0.15, -0.1) is 0 Å². The number of aliphatic carboxylic acids is 1. The Morgan fingerprint density at radius 3 is 2.68 bits per heavy atom. The van der Waals surface area contributed by atoms with Gasteiger partial charge in [0.1, 0.15) is 6.10 Å². The Labute approximate surface area is 113 Å². The van der Waals surface area contributed by atoms with Crippen LogP contribution in [-0.4, -0.2) is 59.8 Å². The minimum Gasteiger partial charge on any atom is -0.479 e. The van der Waals surface area contributed by atoms with Gasteiger partial charge in [-0.3, -0.25) is 4.79 Å². The van der Waals surface area contributed by atoms with Gasteiger partial charge in [-0.05, 0) is 38.8 Å². The Morgan fingerprint density at radius 1 is 1.32 bits per heavy atom. The zero-order valence-electron chi connectivity index (χ0n) is 11.3. The van der Waals surface area contributed by atoms with Gasteiger partial charge in [-0.25, -0.2) is 4.79 Å². The van der Waals surface area contributed by atoms with Crippen molar-refractivity contribution in [3.8, 4) is 0 Å². The second kappa shape index (κ2) is 6.34. The van der Waals surface area contributed by atoms with E-state index in [9.17, 15) is 9.59 Å². The third kappa shape index (κ3) is 3.67. The predicted molar refractivity (Wildman–Crippen MR) is 68.8 cm³/mol. The number of carboxylic acids is 1. The van der Waals surface area contributed by atoms with Gasteiger partial charge >= 0.3 is 5.97 Å². The highest BCUT2D eigenvalue weighted by atomic mass is 16.5. The number of carboxylic acid groups (broad SMARTS) is 1. The van der Waals surface area contributed by atoms with Gasteiger partial charge in [0, 0.05) is 12.6 Å². The third-order valence-corrected chi connectivity index (χ3v) is 3.89. The minimum atomic E-state index is -0.981. The van der Waals surface area contributed by atoms with Crippen molar-refractivity contribution in [2.45, 2.75) is 50.9 Å². The topological polar surface area (TPSA) is 78.9 Å². The molecule has 0 aromatic rings. The quantitative estimate of drug-likeness (QED) is 0.764. The number of likely N-dealkylation sites (N-methyl/N-ethyl adjacent to an activating group) is 1. The molecule has 0 saturated carbocycles. The lowest BCUT2D eigenvalue weighted by Gasteiger charge is -2.32. The summed E-state index contributed by atoms with van der Waals surface area (Å²) in [5, 5.41) is 11.8. The van der Waals surface area contributed by atoms with Gasteiger partial charge in [0.2, 0.25) is 5.91 Å². The van der Waals surface area contributed by atoms with E-state index in [0.29, 0.717) is 12.8 Å². The molecule has 0 aromatic heterocycles. The van der Waals surface area contributed by atoms with Crippen molar-refractivity contribution in [3.63, 3.8) is 0 Å². The number of piperidine rings is 1. The van der Waals surface area contributed by atoms with Crippen LogP contribution < -0.4 is 5.32 Å². The molecule has 2 heterocycles. The lowest BCUT2D eigenvalue weighted by Crippen LogP contribution is -2.50. The minimum absolute atomic E-state index is 0.160. The molecule has 6 nitrogen and oxygen atoms in total. The highest BCUT2D eigenvalue weighted by Gasteiger charge is 2.35. The lowest BCUT2D eigenvalue weighted by atomic mass is 10.1. The molecule has 108 valence electrons. The van der Waals surface area contributed by atoms with Crippen LogP contribution in [0, 0.1) is 0 Å². The number of likely N-dealkylation sites (tertiary alicyclic amines) is 1. The van der Waals surface area contributed by atoms with Crippen LogP contribution in [-0.2, 0) is 14.3 Å². The number of carbonyl (C=O) groups is 2. The van der Waals surface area contributed by atoms with Crippen molar-refractivity contribution in [2.24, 2.45) is 0 Å². The normalized spacial score (nSPS) is 32.2. The van der Waals surface area contributed by atoms with Crippen LogP contribution in [0.25, 0.3) is 0 Å². The van der Waals surface area contributed by atoms with Crippen LogP contribution in [0.15, 0.2) is 0 Å². The smallest absolute Gasteiger partial charge is 0.332 e. The van der Waals surface area contributed by atoms with Crippen molar-refractivity contribution < 1.29 is 19.4 Å². The molecule has 3 unspecified atom stereocenters. The summed E-state index contributed by atoms with van der Waals surface area (Å²) in [6.07, 6.45) is 1.55. The van der Waals surface area contributed by atoms with Crippen LogP contribution in [0.4, 0.5) is 0 Å². The first-order valence-corrected chi connectivity index (χ1v) is 7.01. The molecule has 2 saturated heterocycles. The molecule has 2 fully saturated rings. The average molecular weight is 270 g/mol. The third-order valence-electron chi connectivity index (χ3n) is 3.89. The van der Waals surface area contributed by atoms with Crippen molar-refractivity contribution in [2.75, 3.05) is 19.6 Å². The SMILES string of the molecule is CCN1CCCC(NC(=O)C2CCC(C(=O)O)O2)C1. The number of nitrogens with zero attached hydrogens (tertiary/aromatic N) is 1. The monoisotopic (exact) mass is 270 g/mol. The Kier molecular flexibility index (Phi) is 4.76. The molecule has 0 bridgehead atoms. The average Bonchev–Trinajstić information content (AvgIpc) is 2.89. The fourth-order valence-corrected chi connectivity index (χ4v) is 2.77. The fourth-order valence-electron chi connectivity index (χ4n) is 2.77. The zero-order chi connectivity index (χ0) is 13.8. The van der Waals surface area contributed by atoms with E-state index >= 15 is 0 Å². The largest absolute Gasteiger partial charge is 0.479 e. The molecule has 0 spiro atoms. The molecule has 3 atom stereocenters. The fraction of sp³-hybridized carbons (Fsp3) is 0.846. The molecule has 1 amide bonds. The van der Waals surface area contributed by atoms with E-state index < -0.39 is 18.2 Å². The van der Waals surface area contributed by atoms with Gasteiger partial charge in [-0.2, -0.15) is 0 Å². The van der Waals surface area contributed by atoms with Gasteiger partial charge in [-0.1, -0.05) is 6.92 Å². The molecule has 0 aromatic carbocycles. The number of carbonyl (C=O) groups excluding carboxylic acids is 1. The first-order chi connectivity index (χ1) is 9.10. The lowest BCUT2D eigenvalue weighted by molar-refractivity contribution is -0.152. The van der Waals surface area contributed by atoms with Crippen LogP contribution in [0.3, 0.4) is 0 Å². The van der Waals surface area contributed by atoms with Crippen molar-refractivity contribution in [3.05, 3.63) is 0 Å². The molecular weight excluding hydrogens is 248 g/mol. The van der Waals surface area contributed by atoms with E-state index in [2.05, 4.69) is 17.1 Å². The summed E-state index contributed by atoms with van der Waals surface area (Å²) in [4.78, 5) is 25.1. The van der Waals surface area contributed by atoms with Gasteiger partial charge in [0.25, 0.3) is 0 Å². The summed E-state index contributed by atoms with van der Waals surface area (Å²) in [7, 11) is 0. The van der Waals surface area contributed by atoms with Crippen molar-refractivity contribution in [1.82, 2.24) is 10.2 Å². The summed E-state index contributed by atoms with van der Waals surface area (Å²) in [6, 6.07) is 0.161. The highest BCUT2D eigenvalue weighted by molar-refractivity contribution is 5.82. The molecule has 6 heteroatoms. The number of hydrogen-bond donors (Lipinski definition) is 2. The van der Waals surface area contributed by atoms with Gasteiger partial charge in [0.05, 0.1) is 0 Å². The maximum Gasteiger partial charge on any atom is 0.332 e. The molecule has 0 aliphatic carbocycles. The van der Waals surface area contributed by atoms with E-state index in [0.717, 1.165) is 32.5 Å². The number of ether oxygens (including phenoxy) is 1. The Hall–Kier alpha value is -1.14. The number of hydrogen-bond acceptors (Lipinski definition) is 4. The number of amides is 1. The molecule has 2 N–H and O–H groups in total. The van der Waals surface area contributed by atoms with E-state index in [-0.39, 0.29) is 11.9 Å². The first-order valence-electron chi connectivity index (χ1n) is 7.01. The summed E-state index contributed by atoms with van der Waals surface area (Å²) in [5.74, 6) is -1.14. The molecule has 2 aliphatic rings. The maximum atomic E-state index is 12.0. The van der Waals surface area contributed by atoms with Crippen LogP contribution >= 0.6 is 0 Å². The second-order valence-electron chi connectivity index (χ2n) is 5.27. The van der Waals surface area contributed by atoms with E-state index in [1.807, 2.05) is 0 Å². The molecule has 2 aliphatic heterocycles. The molecule has 19 heavy (non-hydrogen) atoms.